The van der Waals surface area contributed by atoms with E-state index in [0.29, 0.717) is 23.3 Å². The van der Waals surface area contributed by atoms with Crippen LogP contribution >= 0.6 is 24.0 Å². The molecule has 1 aromatic rings. The molecule has 2 rings (SSSR count). The number of halogens is 2. The summed E-state index contributed by atoms with van der Waals surface area (Å²) in [7, 11) is 0. The molecule has 1 saturated heterocycles. The molecule has 1 heterocycles. The molecule has 0 radical (unpaired) electrons. The largest absolute Gasteiger partial charge is 0.493 e. The molecule has 0 spiro atoms. The highest BCUT2D eigenvalue weighted by Gasteiger charge is 2.16. The third kappa shape index (κ3) is 4.01. The predicted octanol–water partition coefficient (Wildman–Crippen LogP) is 2.66. The SMILES string of the molecule is Cl.O=[N+]([O-])c1cc(Cl)cc(OCC2CCNC2)c1. The van der Waals surface area contributed by atoms with Crippen molar-refractivity contribution in [3.8, 4) is 5.75 Å². The lowest BCUT2D eigenvalue weighted by atomic mass is 10.1. The molecule has 0 bridgehead atoms. The van der Waals surface area contributed by atoms with Crippen LogP contribution in [0.1, 0.15) is 6.42 Å². The maximum atomic E-state index is 10.6. The van der Waals surface area contributed by atoms with Crippen molar-refractivity contribution in [1.82, 2.24) is 5.32 Å². The van der Waals surface area contributed by atoms with Crippen molar-refractivity contribution in [2.75, 3.05) is 19.7 Å². The molecular formula is C11H14Cl2N2O3. The van der Waals surface area contributed by atoms with Crippen molar-refractivity contribution >= 4 is 29.7 Å². The predicted molar refractivity (Wildman–Crippen MR) is 71.8 cm³/mol. The van der Waals surface area contributed by atoms with Crippen molar-refractivity contribution in [2.45, 2.75) is 6.42 Å². The Morgan fingerprint density at radius 2 is 2.28 bits per heavy atom. The summed E-state index contributed by atoms with van der Waals surface area (Å²) in [5.41, 5.74) is -0.0444. The number of nitro benzene ring substituents is 1. The second-order valence-electron chi connectivity index (χ2n) is 4.07. The van der Waals surface area contributed by atoms with Gasteiger partial charge < -0.3 is 10.1 Å². The minimum atomic E-state index is -0.476. The van der Waals surface area contributed by atoms with E-state index in [1.54, 1.807) is 6.07 Å². The van der Waals surface area contributed by atoms with Crippen molar-refractivity contribution in [3.05, 3.63) is 33.3 Å². The number of nitro groups is 1. The van der Waals surface area contributed by atoms with Crippen LogP contribution in [0, 0.1) is 16.0 Å². The molecule has 1 aliphatic heterocycles. The number of rotatable bonds is 4. The highest BCUT2D eigenvalue weighted by atomic mass is 35.5. The first kappa shape index (κ1) is 15.0. The van der Waals surface area contributed by atoms with Gasteiger partial charge in [0, 0.05) is 18.5 Å². The van der Waals surface area contributed by atoms with Gasteiger partial charge in [0.1, 0.15) is 5.75 Å². The van der Waals surface area contributed by atoms with E-state index < -0.39 is 4.92 Å². The number of benzene rings is 1. The Morgan fingerprint density at radius 1 is 1.50 bits per heavy atom. The van der Waals surface area contributed by atoms with E-state index >= 15 is 0 Å². The van der Waals surface area contributed by atoms with Gasteiger partial charge >= 0.3 is 0 Å². The van der Waals surface area contributed by atoms with Crippen LogP contribution in [0.3, 0.4) is 0 Å². The van der Waals surface area contributed by atoms with Crippen LogP contribution in [-0.2, 0) is 0 Å². The molecule has 1 aliphatic rings. The lowest BCUT2D eigenvalue weighted by molar-refractivity contribution is -0.384. The summed E-state index contributed by atoms with van der Waals surface area (Å²) < 4.78 is 5.53. The second-order valence-corrected chi connectivity index (χ2v) is 4.51. The normalized spacial score (nSPS) is 18.2. The average Bonchev–Trinajstić information content (AvgIpc) is 2.78. The molecule has 0 saturated carbocycles. The number of ether oxygens (including phenoxy) is 1. The van der Waals surface area contributed by atoms with Crippen molar-refractivity contribution < 1.29 is 9.66 Å². The van der Waals surface area contributed by atoms with Crippen LogP contribution in [0.25, 0.3) is 0 Å². The first-order chi connectivity index (χ1) is 8.15. The van der Waals surface area contributed by atoms with Crippen LogP contribution in [-0.4, -0.2) is 24.6 Å². The lowest BCUT2D eigenvalue weighted by Gasteiger charge is -2.10. The van der Waals surface area contributed by atoms with Gasteiger partial charge in [0.05, 0.1) is 22.6 Å². The van der Waals surface area contributed by atoms with E-state index in [4.69, 9.17) is 16.3 Å². The van der Waals surface area contributed by atoms with Crippen LogP contribution < -0.4 is 10.1 Å². The Labute approximate surface area is 116 Å². The van der Waals surface area contributed by atoms with Gasteiger partial charge in [-0.3, -0.25) is 10.1 Å². The van der Waals surface area contributed by atoms with E-state index in [0.717, 1.165) is 19.5 Å². The highest BCUT2D eigenvalue weighted by Crippen LogP contribution is 2.26. The quantitative estimate of drug-likeness (QED) is 0.684. The summed E-state index contributed by atoms with van der Waals surface area (Å²) in [5.74, 6) is 0.920. The van der Waals surface area contributed by atoms with E-state index in [1.165, 1.54) is 12.1 Å². The zero-order valence-corrected chi connectivity index (χ0v) is 11.2. The molecule has 1 unspecified atom stereocenters. The molecule has 0 aliphatic carbocycles. The fraction of sp³-hybridized carbons (Fsp3) is 0.455. The standard InChI is InChI=1S/C11H13ClN2O3.ClH/c12-9-3-10(14(15)16)5-11(4-9)17-7-8-1-2-13-6-8;/h3-5,8,13H,1-2,6-7H2;1H. The van der Waals surface area contributed by atoms with Gasteiger partial charge in [0.15, 0.2) is 0 Å². The molecule has 1 N–H and O–H groups in total. The Kier molecular flexibility index (Phi) is 5.65. The molecular weight excluding hydrogens is 279 g/mol. The third-order valence-electron chi connectivity index (χ3n) is 2.71. The van der Waals surface area contributed by atoms with E-state index in [9.17, 15) is 10.1 Å². The summed E-state index contributed by atoms with van der Waals surface area (Å²) in [6.07, 6.45) is 1.07. The van der Waals surface area contributed by atoms with Crippen LogP contribution in [0.15, 0.2) is 18.2 Å². The summed E-state index contributed by atoms with van der Waals surface area (Å²) >= 11 is 5.79. The van der Waals surface area contributed by atoms with Gasteiger partial charge in [0.25, 0.3) is 5.69 Å². The van der Waals surface area contributed by atoms with Crippen molar-refractivity contribution in [2.24, 2.45) is 5.92 Å². The van der Waals surface area contributed by atoms with Crippen molar-refractivity contribution in [1.29, 1.82) is 0 Å². The molecule has 1 atom stereocenters. The average molecular weight is 293 g/mol. The Balaban J connectivity index is 0.00000162. The lowest BCUT2D eigenvalue weighted by Crippen LogP contribution is -2.15. The number of non-ortho nitro benzene ring substituents is 1. The molecule has 7 heteroatoms. The van der Waals surface area contributed by atoms with Gasteiger partial charge in [-0.15, -0.1) is 12.4 Å². The summed E-state index contributed by atoms with van der Waals surface area (Å²) in [4.78, 5) is 10.2. The fourth-order valence-corrected chi connectivity index (χ4v) is 2.03. The molecule has 1 fully saturated rings. The van der Waals surface area contributed by atoms with Crippen LogP contribution in [0.2, 0.25) is 5.02 Å². The third-order valence-corrected chi connectivity index (χ3v) is 2.93. The first-order valence-corrected chi connectivity index (χ1v) is 5.81. The topological polar surface area (TPSA) is 64.4 Å². The molecule has 1 aromatic carbocycles. The van der Waals surface area contributed by atoms with E-state index in [2.05, 4.69) is 5.32 Å². The first-order valence-electron chi connectivity index (χ1n) is 5.43. The summed E-state index contributed by atoms with van der Waals surface area (Å²) in [6, 6.07) is 4.30. The number of nitrogens with zero attached hydrogens (tertiary/aromatic N) is 1. The fourth-order valence-electron chi connectivity index (χ4n) is 1.81. The monoisotopic (exact) mass is 292 g/mol. The Bertz CT molecular complexity index is 423. The van der Waals surface area contributed by atoms with Crippen molar-refractivity contribution in [3.63, 3.8) is 0 Å². The number of nitrogens with one attached hydrogen (secondary N) is 1. The maximum absolute atomic E-state index is 10.6. The van der Waals surface area contributed by atoms with Crippen LogP contribution in [0.5, 0.6) is 5.75 Å². The molecule has 0 aromatic heterocycles. The van der Waals surface area contributed by atoms with Gasteiger partial charge in [-0.2, -0.15) is 0 Å². The molecule has 100 valence electrons. The Hall–Kier alpha value is -1.04. The van der Waals surface area contributed by atoms with E-state index in [1.807, 2.05) is 0 Å². The second kappa shape index (κ2) is 6.78. The zero-order chi connectivity index (χ0) is 12.3. The molecule has 0 amide bonds. The summed E-state index contributed by atoms with van der Waals surface area (Å²) in [5, 5.41) is 14.2. The minimum absolute atomic E-state index is 0. The highest BCUT2D eigenvalue weighted by molar-refractivity contribution is 6.30. The number of hydrogen-bond donors (Lipinski definition) is 1. The van der Waals surface area contributed by atoms with Gasteiger partial charge in [-0.1, -0.05) is 11.6 Å². The van der Waals surface area contributed by atoms with Gasteiger partial charge in [-0.25, -0.2) is 0 Å². The smallest absolute Gasteiger partial charge is 0.274 e. The van der Waals surface area contributed by atoms with Crippen LogP contribution in [0.4, 0.5) is 5.69 Å². The summed E-state index contributed by atoms with van der Waals surface area (Å²) in [6.45, 7) is 2.50. The number of hydrogen-bond acceptors (Lipinski definition) is 4. The van der Waals surface area contributed by atoms with Gasteiger partial charge in [-0.05, 0) is 19.0 Å². The molecule has 18 heavy (non-hydrogen) atoms. The Morgan fingerprint density at radius 3 is 2.89 bits per heavy atom. The zero-order valence-electron chi connectivity index (χ0n) is 9.60. The maximum Gasteiger partial charge on any atom is 0.274 e. The molecule has 5 nitrogen and oxygen atoms in total. The minimum Gasteiger partial charge on any atom is -0.493 e. The van der Waals surface area contributed by atoms with E-state index in [-0.39, 0.29) is 18.1 Å². The van der Waals surface area contributed by atoms with Gasteiger partial charge in [0.2, 0.25) is 0 Å².